The zero-order valence-corrected chi connectivity index (χ0v) is 30.8. The third-order valence-corrected chi connectivity index (χ3v) is 8.87. The van der Waals surface area contributed by atoms with Crippen LogP contribution in [0.3, 0.4) is 0 Å². The molecule has 0 spiro atoms. The van der Waals surface area contributed by atoms with E-state index in [0.717, 1.165) is 25.5 Å². The van der Waals surface area contributed by atoms with Gasteiger partial charge in [-0.05, 0) is 69.5 Å². The van der Waals surface area contributed by atoms with E-state index < -0.39 is 53.7 Å². The molecule has 11 N–H and O–H groups in total. The fourth-order valence-corrected chi connectivity index (χ4v) is 5.91. The third-order valence-electron chi connectivity index (χ3n) is 8.15. The third kappa shape index (κ3) is 12.4. The van der Waals surface area contributed by atoms with Gasteiger partial charge in [0.25, 0.3) is 0 Å². The van der Waals surface area contributed by atoms with Crippen LogP contribution >= 0.6 is 22.6 Å². The SMILES string of the molecule is CC(=O)N[C@@H](Cc1cnc[nH]1)C(=O)N[C@@H](CCCN=C(N)N)C(=O)N[C@H](Cc1ccc(I)cc1)C(=O)N[C@H](Cc1ccc2ccccc2c1)C(N)=O. The molecule has 0 aliphatic heterocycles. The number of hydrogen-bond acceptors (Lipinski definition) is 7. The predicted octanol–water partition coefficient (Wildman–Crippen LogP) is 0.693. The Morgan fingerprint density at radius 3 is 1.98 bits per heavy atom. The molecule has 5 amide bonds. The molecular weight excluding hydrogens is 779 g/mol. The molecule has 4 rings (SSSR count). The van der Waals surface area contributed by atoms with E-state index in [1.165, 1.54) is 19.4 Å². The van der Waals surface area contributed by atoms with Crippen molar-refractivity contribution in [2.75, 3.05) is 6.54 Å². The second-order valence-electron chi connectivity index (χ2n) is 12.3. The van der Waals surface area contributed by atoms with E-state index in [4.69, 9.17) is 17.2 Å². The first-order valence-corrected chi connectivity index (χ1v) is 17.7. The summed E-state index contributed by atoms with van der Waals surface area (Å²) >= 11 is 2.16. The van der Waals surface area contributed by atoms with E-state index in [-0.39, 0.29) is 38.2 Å². The zero-order chi connectivity index (χ0) is 37.6. The highest BCUT2D eigenvalue weighted by Crippen LogP contribution is 2.17. The van der Waals surface area contributed by atoms with Crippen LogP contribution in [0.4, 0.5) is 0 Å². The number of nitrogens with one attached hydrogen (secondary N) is 5. The average molecular weight is 823 g/mol. The molecule has 0 bridgehead atoms. The first-order chi connectivity index (χ1) is 24.9. The summed E-state index contributed by atoms with van der Waals surface area (Å²) in [6, 6.07) is 16.4. The van der Waals surface area contributed by atoms with Crippen LogP contribution in [0.2, 0.25) is 0 Å². The normalized spacial score (nSPS) is 13.2. The summed E-state index contributed by atoms with van der Waals surface area (Å²) in [5.74, 6) is -3.26. The number of amides is 5. The minimum Gasteiger partial charge on any atom is -0.370 e. The summed E-state index contributed by atoms with van der Waals surface area (Å²) in [6.45, 7) is 1.45. The van der Waals surface area contributed by atoms with Crippen LogP contribution in [0.1, 0.15) is 36.6 Å². The zero-order valence-electron chi connectivity index (χ0n) is 28.6. The van der Waals surface area contributed by atoms with Gasteiger partial charge in [0.05, 0.1) is 6.33 Å². The van der Waals surface area contributed by atoms with Crippen molar-refractivity contribution in [2.24, 2.45) is 22.2 Å². The van der Waals surface area contributed by atoms with Gasteiger partial charge in [0.1, 0.15) is 24.2 Å². The lowest BCUT2D eigenvalue weighted by molar-refractivity contribution is -0.134. The topological polar surface area (TPSA) is 253 Å². The highest BCUT2D eigenvalue weighted by atomic mass is 127. The summed E-state index contributed by atoms with van der Waals surface area (Å²) < 4.78 is 0.975. The Balaban J connectivity index is 1.56. The first kappa shape index (κ1) is 39.3. The molecule has 15 nitrogen and oxygen atoms in total. The molecule has 1 heterocycles. The van der Waals surface area contributed by atoms with Crippen LogP contribution in [0, 0.1) is 3.57 Å². The Bertz CT molecular complexity index is 1880. The Kier molecular flexibility index (Phi) is 14.5. The van der Waals surface area contributed by atoms with Gasteiger partial charge in [-0.25, -0.2) is 4.98 Å². The van der Waals surface area contributed by atoms with Crippen LogP contribution in [-0.4, -0.2) is 76.2 Å². The van der Waals surface area contributed by atoms with E-state index in [9.17, 15) is 24.0 Å². The standard InChI is InChI=1S/C36H43IN10O5/c1-21(48)44-31(18-27-19-41-20-43-27)35(52)45-28(7-4-14-42-36(39)40)33(50)47-30(16-22-9-12-26(37)13-10-22)34(51)46-29(32(38)49)17-23-8-11-24-5-2-3-6-25(24)15-23/h2-3,5-6,8-13,15,19-20,28-31H,4,7,14,16-18H2,1H3,(H2,38,49)(H,41,43)(H,44,48)(H,45,52)(H,46,51)(H,47,50)(H4,39,40,42)/t28-,29+,30+,31-/m0/s1. The Hall–Kier alpha value is -5.52. The largest absolute Gasteiger partial charge is 0.370 e. The lowest BCUT2D eigenvalue weighted by atomic mass is 10.00. The smallest absolute Gasteiger partial charge is 0.243 e. The second-order valence-corrected chi connectivity index (χ2v) is 13.5. The molecular formula is C36H43IN10O5. The summed E-state index contributed by atoms with van der Waals surface area (Å²) in [4.78, 5) is 76.9. The molecule has 16 heteroatoms. The number of aromatic nitrogens is 2. The molecule has 0 aliphatic carbocycles. The number of hydrogen-bond donors (Lipinski definition) is 8. The lowest BCUT2D eigenvalue weighted by Gasteiger charge is -2.26. The molecule has 4 aromatic rings. The fraction of sp³-hybridized carbons (Fsp3) is 0.306. The van der Waals surface area contributed by atoms with Gasteiger partial charge >= 0.3 is 0 Å². The van der Waals surface area contributed by atoms with E-state index >= 15 is 0 Å². The van der Waals surface area contributed by atoms with Crippen LogP contribution in [0.5, 0.6) is 0 Å². The summed E-state index contributed by atoms with van der Waals surface area (Å²) in [6.07, 6.45) is 3.63. The lowest BCUT2D eigenvalue weighted by Crippen LogP contribution is -2.59. The van der Waals surface area contributed by atoms with E-state index in [0.29, 0.717) is 12.1 Å². The molecule has 0 fully saturated rings. The highest BCUT2D eigenvalue weighted by molar-refractivity contribution is 14.1. The number of nitrogens with two attached hydrogens (primary N) is 3. The van der Waals surface area contributed by atoms with Crippen LogP contribution in [0.15, 0.2) is 84.2 Å². The number of carbonyl (C=O) groups excluding carboxylic acids is 5. The number of nitrogens with zero attached hydrogens (tertiary/aromatic N) is 2. The number of carbonyl (C=O) groups is 5. The number of guanidine groups is 1. The van der Waals surface area contributed by atoms with Crippen molar-refractivity contribution in [3.63, 3.8) is 0 Å². The van der Waals surface area contributed by atoms with Crippen molar-refractivity contribution in [2.45, 2.75) is 63.2 Å². The van der Waals surface area contributed by atoms with Gasteiger partial charge in [-0.3, -0.25) is 29.0 Å². The number of imidazole rings is 1. The van der Waals surface area contributed by atoms with Gasteiger partial charge in [-0.15, -0.1) is 0 Å². The molecule has 4 atom stereocenters. The summed E-state index contributed by atoms with van der Waals surface area (Å²) in [5, 5.41) is 12.9. The molecule has 52 heavy (non-hydrogen) atoms. The number of halogens is 1. The molecule has 3 aromatic carbocycles. The van der Waals surface area contributed by atoms with Gasteiger partial charge in [-0.2, -0.15) is 0 Å². The van der Waals surface area contributed by atoms with Crippen molar-refractivity contribution < 1.29 is 24.0 Å². The number of aliphatic imine (C=N–C) groups is 1. The quantitative estimate of drug-likeness (QED) is 0.0306. The molecule has 274 valence electrons. The number of aromatic amines is 1. The Morgan fingerprint density at radius 2 is 1.35 bits per heavy atom. The highest BCUT2D eigenvalue weighted by Gasteiger charge is 2.31. The molecule has 0 aliphatic rings. The fourth-order valence-electron chi connectivity index (χ4n) is 5.55. The maximum atomic E-state index is 14.0. The number of primary amides is 1. The molecule has 1 aromatic heterocycles. The minimum atomic E-state index is -1.17. The summed E-state index contributed by atoms with van der Waals surface area (Å²) in [7, 11) is 0. The predicted molar refractivity (Wildman–Crippen MR) is 205 cm³/mol. The van der Waals surface area contributed by atoms with E-state index in [1.54, 1.807) is 0 Å². The molecule has 0 saturated carbocycles. The van der Waals surface area contributed by atoms with Crippen molar-refractivity contribution in [3.8, 4) is 0 Å². The van der Waals surface area contributed by atoms with Gasteiger partial charge in [0, 0.05) is 48.2 Å². The van der Waals surface area contributed by atoms with Crippen molar-refractivity contribution in [1.29, 1.82) is 0 Å². The van der Waals surface area contributed by atoms with Gasteiger partial charge in [0.15, 0.2) is 5.96 Å². The first-order valence-electron chi connectivity index (χ1n) is 16.6. The Morgan fingerprint density at radius 1 is 0.750 bits per heavy atom. The number of H-pyrrole nitrogens is 1. The molecule has 0 unspecified atom stereocenters. The minimum absolute atomic E-state index is 0.0684. The van der Waals surface area contributed by atoms with Gasteiger partial charge in [0.2, 0.25) is 29.5 Å². The Labute approximate surface area is 314 Å². The molecule has 0 saturated heterocycles. The van der Waals surface area contributed by atoms with Gasteiger partial charge in [-0.1, -0.05) is 54.6 Å². The van der Waals surface area contributed by atoms with Gasteiger partial charge < -0.3 is 43.5 Å². The maximum Gasteiger partial charge on any atom is 0.243 e. The van der Waals surface area contributed by atoms with Crippen LogP contribution < -0.4 is 38.5 Å². The number of fused-ring (bicyclic) bond motifs is 1. The summed E-state index contributed by atoms with van der Waals surface area (Å²) in [5.41, 5.74) is 18.8. The van der Waals surface area contributed by atoms with E-state index in [1.807, 2.05) is 66.7 Å². The number of benzene rings is 3. The average Bonchev–Trinajstić information content (AvgIpc) is 3.62. The van der Waals surface area contributed by atoms with E-state index in [2.05, 4.69) is 58.8 Å². The van der Waals surface area contributed by atoms with Crippen LogP contribution in [-0.2, 0) is 43.2 Å². The second kappa shape index (κ2) is 19.2. The maximum absolute atomic E-state index is 14.0. The number of rotatable bonds is 18. The monoisotopic (exact) mass is 822 g/mol. The van der Waals surface area contributed by atoms with Crippen molar-refractivity contribution in [1.82, 2.24) is 31.2 Å². The van der Waals surface area contributed by atoms with Crippen LogP contribution in [0.25, 0.3) is 10.8 Å². The van der Waals surface area contributed by atoms with Crippen molar-refractivity contribution in [3.05, 3.63) is 99.6 Å². The molecule has 0 radical (unpaired) electrons. The van der Waals surface area contributed by atoms with Crippen molar-refractivity contribution >= 4 is 68.9 Å².